The number of benzene rings is 2. The third-order valence-electron chi connectivity index (χ3n) is 5.07. The van der Waals surface area contributed by atoms with Gasteiger partial charge in [-0.05, 0) is 59.1 Å². The summed E-state index contributed by atoms with van der Waals surface area (Å²) in [7, 11) is 6.92. The Morgan fingerprint density at radius 1 is 1.08 bits per heavy atom. The number of phenolic OH excluding ortho intramolecular Hbond substituents is 1. The van der Waals surface area contributed by atoms with Crippen LogP contribution >= 0.6 is 15.9 Å². The summed E-state index contributed by atoms with van der Waals surface area (Å²) in [6, 6.07) is 7.88. The van der Waals surface area contributed by atoms with Crippen molar-refractivity contribution in [1.82, 2.24) is 4.90 Å². The lowest BCUT2D eigenvalue weighted by atomic mass is 9.88. The van der Waals surface area contributed by atoms with Crippen molar-refractivity contribution in [2.45, 2.75) is 18.9 Å². The van der Waals surface area contributed by atoms with Crippen LogP contribution in [0.25, 0.3) is 0 Å². The second kappa shape index (κ2) is 7.76. The fourth-order valence-electron chi connectivity index (χ4n) is 3.61. The predicted molar refractivity (Wildman–Crippen MR) is 105 cm³/mol. The maximum atomic E-state index is 10.7. The van der Waals surface area contributed by atoms with E-state index in [4.69, 9.17) is 14.2 Å². The molecule has 1 atom stereocenters. The molecule has 0 fully saturated rings. The van der Waals surface area contributed by atoms with Gasteiger partial charge in [-0.15, -0.1) is 0 Å². The molecule has 5 nitrogen and oxygen atoms in total. The molecule has 1 unspecified atom stereocenters. The van der Waals surface area contributed by atoms with Crippen LogP contribution in [0.1, 0.15) is 22.7 Å². The molecule has 0 bridgehead atoms. The lowest BCUT2D eigenvalue weighted by molar-refractivity contribution is 0.221. The molecule has 3 rings (SSSR count). The molecular formula is C20H24BrNO4. The van der Waals surface area contributed by atoms with E-state index in [9.17, 15) is 5.11 Å². The standard InChI is InChI=1S/C20H24BrNO4/c1-22-10-9-12-5-7-15(24-2)19(23)17(12)14(22)11-13-6-8-16(25-3)20(26-4)18(13)21/h5-8,14,23H,9-11H2,1-4H3. The van der Waals surface area contributed by atoms with E-state index in [2.05, 4.69) is 33.9 Å². The molecular weight excluding hydrogens is 398 g/mol. The SMILES string of the molecule is COc1ccc2c(c1O)C(Cc1ccc(OC)c(OC)c1Br)N(C)CC2. The number of methoxy groups -OCH3 is 3. The fraction of sp³-hybridized carbons (Fsp3) is 0.400. The van der Waals surface area contributed by atoms with Crippen LogP contribution in [0.15, 0.2) is 28.7 Å². The Balaban J connectivity index is 2.04. The van der Waals surface area contributed by atoms with E-state index in [-0.39, 0.29) is 11.8 Å². The number of halogens is 1. The number of likely N-dealkylation sites (N-methyl/N-ethyl adjacent to an activating group) is 1. The topological polar surface area (TPSA) is 51.2 Å². The van der Waals surface area contributed by atoms with Gasteiger partial charge < -0.3 is 19.3 Å². The summed E-state index contributed by atoms with van der Waals surface area (Å²) in [6.45, 7) is 0.939. The highest BCUT2D eigenvalue weighted by Crippen LogP contribution is 2.44. The van der Waals surface area contributed by atoms with Crippen molar-refractivity contribution in [2.24, 2.45) is 0 Å². The van der Waals surface area contributed by atoms with Gasteiger partial charge in [0.05, 0.1) is 25.8 Å². The molecule has 1 N–H and O–H groups in total. The Bertz CT molecular complexity index is 809. The first-order valence-electron chi connectivity index (χ1n) is 8.50. The minimum absolute atomic E-state index is 0.0447. The molecule has 1 aliphatic rings. The van der Waals surface area contributed by atoms with E-state index >= 15 is 0 Å². The van der Waals surface area contributed by atoms with Crippen molar-refractivity contribution in [3.05, 3.63) is 45.4 Å². The molecule has 26 heavy (non-hydrogen) atoms. The maximum Gasteiger partial charge on any atom is 0.175 e. The van der Waals surface area contributed by atoms with Gasteiger partial charge in [-0.2, -0.15) is 0 Å². The molecule has 0 amide bonds. The summed E-state index contributed by atoms with van der Waals surface area (Å²) in [6.07, 6.45) is 1.64. The average molecular weight is 422 g/mol. The van der Waals surface area contributed by atoms with Gasteiger partial charge in [-0.1, -0.05) is 12.1 Å². The number of fused-ring (bicyclic) bond motifs is 1. The number of ether oxygens (including phenoxy) is 3. The first kappa shape index (κ1) is 18.9. The van der Waals surface area contributed by atoms with Crippen LogP contribution < -0.4 is 14.2 Å². The first-order valence-corrected chi connectivity index (χ1v) is 9.29. The zero-order valence-corrected chi connectivity index (χ0v) is 17.1. The molecule has 2 aromatic rings. The minimum Gasteiger partial charge on any atom is -0.504 e. The van der Waals surface area contributed by atoms with E-state index in [1.54, 1.807) is 21.3 Å². The highest BCUT2D eigenvalue weighted by molar-refractivity contribution is 9.10. The van der Waals surface area contributed by atoms with Crippen LogP contribution in [0, 0.1) is 0 Å². The van der Waals surface area contributed by atoms with Crippen molar-refractivity contribution in [2.75, 3.05) is 34.9 Å². The number of aromatic hydroxyl groups is 1. The van der Waals surface area contributed by atoms with Gasteiger partial charge in [0.2, 0.25) is 0 Å². The number of nitrogens with zero attached hydrogens (tertiary/aromatic N) is 1. The molecule has 0 radical (unpaired) electrons. The van der Waals surface area contributed by atoms with Crippen molar-refractivity contribution in [3.8, 4) is 23.0 Å². The van der Waals surface area contributed by atoms with Crippen LogP contribution in [-0.4, -0.2) is 44.9 Å². The van der Waals surface area contributed by atoms with Gasteiger partial charge >= 0.3 is 0 Å². The van der Waals surface area contributed by atoms with E-state index in [1.807, 2.05) is 18.2 Å². The first-order chi connectivity index (χ1) is 12.5. The van der Waals surface area contributed by atoms with Crippen LogP contribution in [-0.2, 0) is 12.8 Å². The van der Waals surface area contributed by atoms with Gasteiger partial charge in [0.15, 0.2) is 23.0 Å². The van der Waals surface area contributed by atoms with Crippen molar-refractivity contribution in [1.29, 1.82) is 0 Å². The molecule has 0 aliphatic carbocycles. The van der Waals surface area contributed by atoms with Gasteiger partial charge in [0, 0.05) is 18.2 Å². The van der Waals surface area contributed by atoms with Gasteiger partial charge in [-0.25, -0.2) is 0 Å². The number of hydrogen-bond donors (Lipinski definition) is 1. The van der Waals surface area contributed by atoms with Crippen LogP contribution in [0.5, 0.6) is 23.0 Å². The summed E-state index contributed by atoms with van der Waals surface area (Å²) >= 11 is 3.66. The Labute approximate surface area is 162 Å². The average Bonchev–Trinajstić information content (AvgIpc) is 2.65. The molecule has 0 aromatic heterocycles. The highest BCUT2D eigenvalue weighted by Gasteiger charge is 2.30. The van der Waals surface area contributed by atoms with Crippen LogP contribution in [0.4, 0.5) is 0 Å². The summed E-state index contributed by atoms with van der Waals surface area (Å²) in [4.78, 5) is 2.27. The number of hydrogen-bond acceptors (Lipinski definition) is 5. The highest BCUT2D eigenvalue weighted by atomic mass is 79.9. The van der Waals surface area contributed by atoms with E-state index in [0.717, 1.165) is 35.0 Å². The predicted octanol–water partition coefficient (Wildman–Crippen LogP) is 3.95. The van der Waals surface area contributed by atoms with Crippen molar-refractivity contribution >= 4 is 15.9 Å². The smallest absolute Gasteiger partial charge is 0.175 e. The van der Waals surface area contributed by atoms with Gasteiger partial charge in [-0.3, -0.25) is 4.90 Å². The molecule has 1 heterocycles. The zero-order valence-electron chi connectivity index (χ0n) is 15.5. The number of phenols is 1. The maximum absolute atomic E-state index is 10.7. The van der Waals surface area contributed by atoms with Gasteiger partial charge in [0.25, 0.3) is 0 Å². The monoisotopic (exact) mass is 421 g/mol. The van der Waals surface area contributed by atoms with Gasteiger partial charge in [0.1, 0.15) is 0 Å². The lowest BCUT2D eigenvalue weighted by Crippen LogP contribution is -2.33. The molecule has 6 heteroatoms. The Kier molecular flexibility index (Phi) is 5.63. The molecule has 2 aromatic carbocycles. The summed E-state index contributed by atoms with van der Waals surface area (Å²) in [5.74, 6) is 2.11. The van der Waals surface area contributed by atoms with E-state index < -0.39 is 0 Å². The third-order valence-corrected chi connectivity index (χ3v) is 5.94. The molecule has 0 saturated carbocycles. The second-order valence-electron chi connectivity index (χ2n) is 6.41. The summed E-state index contributed by atoms with van der Waals surface area (Å²) < 4.78 is 17.1. The molecule has 0 saturated heterocycles. The summed E-state index contributed by atoms with van der Waals surface area (Å²) in [5.41, 5.74) is 3.21. The van der Waals surface area contributed by atoms with Crippen LogP contribution in [0.2, 0.25) is 0 Å². The minimum atomic E-state index is 0.0447. The van der Waals surface area contributed by atoms with Crippen LogP contribution in [0.3, 0.4) is 0 Å². The molecule has 1 aliphatic heterocycles. The molecule has 140 valence electrons. The van der Waals surface area contributed by atoms with Crippen molar-refractivity contribution < 1.29 is 19.3 Å². The fourth-order valence-corrected chi connectivity index (χ4v) is 4.26. The summed E-state index contributed by atoms with van der Waals surface area (Å²) in [5, 5.41) is 10.7. The quantitative estimate of drug-likeness (QED) is 0.791. The van der Waals surface area contributed by atoms with Crippen molar-refractivity contribution in [3.63, 3.8) is 0 Å². The Morgan fingerprint density at radius 3 is 2.42 bits per heavy atom. The third kappa shape index (κ3) is 3.23. The Hall–Kier alpha value is -1.92. The Morgan fingerprint density at radius 2 is 1.77 bits per heavy atom. The normalized spacial score (nSPS) is 16.9. The lowest BCUT2D eigenvalue weighted by Gasteiger charge is -2.35. The zero-order chi connectivity index (χ0) is 18.8. The van der Waals surface area contributed by atoms with E-state index in [1.165, 1.54) is 5.56 Å². The number of rotatable bonds is 5. The molecule has 0 spiro atoms. The largest absolute Gasteiger partial charge is 0.504 e. The second-order valence-corrected chi connectivity index (χ2v) is 7.21. The van der Waals surface area contributed by atoms with E-state index in [0.29, 0.717) is 17.2 Å².